The van der Waals surface area contributed by atoms with Crippen molar-refractivity contribution in [2.75, 3.05) is 18.8 Å². The van der Waals surface area contributed by atoms with E-state index in [0.29, 0.717) is 23.4 Å². The number of rotatable bonds is 6. The van der Waals surface area contributed by atoms with Gasteiger partial charge in [0.15, 0.2) is 11.6 Å². The highest BCUT2D eigenvalue weighted by Gasteiger charge is 2.54. The van der Waals surface area contributed by atoms with Crippen molar-refractivity contribution in [3.63, 3.8) is 0 Å². The minimum atomic E-state index is -2.93. The molecule has 0 unspecified atom stereocenters. The van der Waals surface area contributed by atoms with E-state index in [-0.39, 0.29) is 11.6 Å². The normalized spacial score (nSPS) is 27.0. The molecular weight excluding hydrogens is 340 g/mol. The molecule has 0 spiro atoms. The lowest BCUT2D eigenvalue weighted by Gasteiger charge is -2.09. The summed E-state index contributed by atoms with van der Waals surface area (Å²) in [4.78, 5) is 8.82. The standard InChI is InChI=1S/C18H21F2N5O/c19-18(20)26-14-4-10(5-23-17(14)21)13-8-25(15(24-13)3-9-1-2-9)16-11-6-22-7-12(11)16/h4-5,8-9,11-12,16,18,22H,1-3,6-7H2,(H2,21,23)/t11-,12+,16-. The molecule has 3 aliphatic rings. The number of pyridine rings is 1. The van der Waals surface area contributed by atoms with E-state index in [2.05, 4.69) is 19.6 Å². The number of nitrogens with two attached hydrogens (primary N) is 1. The van der Waals surface area contributed by atoms with Crippen molar-refractivity contribution in [2.45, 2.75) is 31.9 Å². The summed E-state index contributed by atoms with van der Waals surface area (Å²) in [7, 11) is 0. The third-order valence-electron chi connectivity index (χ3n) is 5.74. The molecule has 2 aliphatic carbocycles. The quantitative estimate of drug-likeness (QED) is 0.826. The van der Waals surface area contributed by atoms with Gasteiger partial charge >= 0.3 is 6.61 Å². The van der Waals surface area contributed by atoms with Crippen molar-refractivity contribution >= 4 is 5.82 Å². The fourth-order valence-electron chi connectivity index (χ4n) is 4.14. The number of hydrogen-bond acceptors (Lipinski definition) is 5. The Hall–Kier alpha value is -2.22. The van der Waals surface area contributed by atoms with Crippen LogP contribution in [0.15, 0.2) is 18.5 Å². The number of nitrogens with one attached hydrogen (secondary N) is 1. The van der Waals surface area contributed by atoms with Crippen LogP contribution in [0, 0.1) is 17.8 Å². The van der Waals surface area contributed by atoms with E-state index >= 15 is 0 Å². The molecule has 26 heavy (non-hydrogen) atoms. The molecule has 2 saturated carbocycles. The molecule has 3 N–H and O–H groups in total. The molecule has 3 heterocycles. The van der Waals surface area contributed by atoms with E-state index in [1.807, 2.05) is 6.20 Å². The van der Waals surface area contributed by atoms with Gasteiger partial charge in [0, 0.05) is 43.5 Å². The largest absolute Gasteiger partial charge is 0.431 e. The van der Waals surface area contributed by atoms with E-state index in [1.165, 1.54) is 18.9 Å². The molecule has 138 valence electrons. The molecule has 1 aliphatic heterocycles. The second kappa shape index (κ2) is 5.90. The minimum absolute atomic E-state index is 0.0468. The molecule has 6 nitrogen and oxygen atoms in total. The summed E-state index contributed by atoms with van der Waals surface area (Å²) in [5.41, 5.74) is 7.03. The SMILES string of the molecule is Nc1ncc(-c2cn([C@@H]3[C@@H]4CNC[C@@H]43)c(CC3CC3)n2)cc1OC(F)F. The number of alkyl halides is 2. The van der Waals surface area contributed by atoms with Crippen molar-refractivity contribution in [2.24, 2.45) is 17.8 Å². The van der Waals surface area contributed by atoms with Crippen LogP contribution in [0.25, 0.3) is 11.3 Å². The molecule has 0 radical (unpaired) electrons. The Balaban J connectivity index is 1.48. The predicted molar refractivity (Wildman–Crippen MR) is 91.8 cm³/mol. The molecule has 1 saturated heterocycles. The van der Waals surface area contributed by atoms with Crippen molar-refractivity contribution in [3.05, 3.63) is 24.3 Å². The molecule has 8 heteroatoms. The van der Waals surface area contributed by atoms with E-state index in [4.69, 9.17) is 10.7 Å². The van der Waals surface area contributed by atoms with Gasteiger partial charge in [-0.15, -0.1) is 0 Å². The van der Waals surface area contributed by atoms with Gasteiger partial charge in [0.25, 0.3) is 0 Å². The summed E-state index contributed by atoms with van der Waals surface area (Å²) in [5, 5.41) is 3.42. The van der Waals surface area contributed by atoms with Crippen molar-refractivity contribution < 1.29 is 13.5 Å². The fraction of sp³-hybridized carbons (Fsp3) is 0.556. The number of imidazole rings is 1. The number of anilines is 1. The molecule has 3 fully saturated rings. The Morgan fingerprint density at radius 3 is 2.77 bits per heavy atom. The van der Waals surface area contributed by atoms with Gasteiger partial charge in [0.05, 0.1) is 5.69 Å². The first-order valence-electron chi connectivity index (χ1n) is 9.09. The summed E-state index contributed by atoms with van der Waals surface area (Å²) in [5.74, 6) is 3.02. The summed E-state index contributed by atoms with van der Waals surface area (Å²) < 4.78 is 31.9. The maximum atomic E-state index is 12.6. The number of piperidine rings is 1. The maximum absolute atomic E-state index is 12.6. The zero-order chi connectivity index (χ0) is 17.8. The van der Waals surface area contributed by atoms with Gasteiger partial charge in [-0.1, -0.05) is 0 Å². The van der Waals surface area contributed by atoms with Crippen LogP contribution in [0.5, 0.6) is 5.75 Å². The summed E-state index contributed by atoms with van der Waals surface area (Å²) in [6.45, 7) is -0.820. The molecule has 0 aromatic carbocycles. The van der Waals surface area contributed by atoms with Gasteiger partial charge in [-0.2, -0.15) is 8.78 Å². The summed E-state index contributed by atoms with van der Waals surface area (Å²) in [6, 6.07) is 2.00. The highest BCUT2D eigenvalue weighted by Crippen LogP contribution is 2.53. The van der Waals surface area contributed by atoms with E-state index in [9.17, 15) is 8.78 Å². The Bertz CT molecular complexity index is 825. The van der Waals surface area contributed by atoms with Crippen LogP contribution < -0.4 is 15.8 Å². The number of nitrogen functional groups attached to an aromatic ring is 1. The second-order valence-corrected chi connectivity index (χ2v) is 7.56. The number of ether oxygens (including phenoxy) is 1. The second-order valence-electron chi connectivity index (χ2n) is 7.56. The topological polar surface area (TPSA) is 78.0 Å². The Morgan fingerprint density at radius 1 is 1.31 bits per heavy atom. The molecular formula is C18H21F2N5O. The van der Waals surface area contributed by atoms with Crippen LogP contribution in [-0.4, -0.2) is 34.2 Å². The zero-order valence-corrected chi connectivity index (χ0v) is 14.2. The fourth-order valence-corrected chi connectivity index (χ4v) is 4.14. The highest BCUT2D eigenvalue weighted by atomic mass is 19.3. The first-order valence-corrected chi connectivity index (χ1v) is 9.09. The van der Waals surface area contributed by atoms with Gasteiger partial charge in [0.2, 0.25) is 0 Å². The van der Waals surface area contributed by atoms with Gasteiger partial charge in [-0.05, 0) is 36.7 Å². The minimum Gasteiger partial charge on any atom is -0.431 e. The highest BCUT2D eigenvalue weighted by molar-refractivity contribution is 5.63. The third kappa shape index (κ3) is 2.82. The van der Waals surface area contributed by atoms with Crippen LogP contribution in [0.1, 0.15) is 24.7 Å². The predicted octanol–water partition coefficient (Wildman–Crippen LogP) is 2.47. The van der Waals surface area contributed by atoms with Crippen LogP contribution in [0.2, 0.25) is 0 Å². The summed E-state index contributed by atoms with van der Waals surface area (Å²) >= 11 is 0. The van der Waals surface area contributed by atoms with Crippen LogP contribution in [0.4, 0.5) is 14.6 Å². The number of nitrogens with zero attached hydrogens (tertiary/aromatic N) is 3. The van der Waals surface area contributed by atoms with E-state index in [0.717, 1.165) is 36.9 Å². The Morgan fingerprint density at radius 2 is 2.08 bits per heavy atom. The molecule has 0 amide bonds. The third-order valence-corrected chi connectivity index (χ3v) is 5.74. The molecule has 2 aromatic heterocycles. The van der Waals surface area contributed by atoms with Crippen LogP contribution >= 0.6 is 0 Å². The Labute approximate surface area is 149 Å². The lowest BCUT2D eigenvalue weighted by molar-refractivity contribution is -0.0494. The first-order chi connectivity index (χ1) is 12.6. The van der Waals surface area contributed by atoms with Gasteiger partial charge in [-0.3, -0.25) is 0 Å². The van der Waals surface area contributed by atoms with Crippen molar-refractivity contribution in [3.8, 4) is 17.0 Å². The van der Waals surface area contributed by atoms with Crippen molar-refractivity contribution in [1.82, 2.24) is 19.9 Å². The summed E-state index contributed by atoms with van der Waals surface area (Å²) in [6.07, 6.45) is 7.11. The number of hydrogen-bond donors (Lipinski definition) is 2. The van der Waals surface area contributed by atoms with Crippen LogP contribution in [-0.2, 0) is 6.42 Å². The smallest absolute Gasteiger partial charge is 0.387 e. The number of halogens is 2. The van der Waals surface area contributed by atoms with E-state index < -0.39 is 6.61 Å². The molecule has 5 rings (SSSR count). The van der Waals surface area contributed by atoms with Gasteiger partial charge < -0.3 is 20.4 Å². The number of fused-ring (bicyclic) bond motifs is 1. The van der Waals surface area contributed by atoms with E-state index in [1.54, 1.807) is 6.20 Å². The lowest BCUT2D eigenvalue weighted by Crippen LogP contribution is -2.17. The van der Waals surface area contributed by atoms with Gasteiger partial charge in [-0.25, -0.2) is 9.97 Å². The Kier molecular flexibility index (Phi) is 3.63. The van der Waals surface area contributed by atoms with Gasteiger partial charge in [0.1, 0.15) is 5.82 Å². The average molecular weight is 361 g/mol. The lowest BCUT2D eigenvalue weighted by atomic mass is 10.2. The monoisotopic (exact) mass is 361 g/mol. The molecule has 2 aromatic rings. The molecule has 0 bridgehead atoms. The maximum Gasteiger partial charge on any atom is 0.387 e. The van der Waals surface area contributed by atoms with Crippen molar-refractivity contribution in [1.29, 1.82) is 0 Å². The molecule has 3 atom stereocenters. The van der Waals surface area contributed by atoms with Crippen LogP contribution in [0.3, 0.4) is 0 Å². The average Bonchev–Trinajstić information content (AvgIpc) is 3.44. The zero-order valence-electron chi connectivity index (χ0n) is 14.2. The first kappa shape index (κ1) is 16.0. The number of aromatic nitrogens is 3.